The lowest BCUT2D eigenvalue weighted by Gasteiger charge is -2.36. The Hall–Kier alpha value is -1.02. The number of aryl methyl sites for hydroxylation is 1. The van der Waals surface area contributed by atoms with E-state index in [0.29, 0.717) is 0 Å². The van der Waals surface area contributed by atoms with E-state index in [1.165, 1.54) is 63.1 Å². The Balaban J connectivity index is 1.76. The topological polar surface area (TPSA) is 6.48 Å². The third-order valence-corrected chi connectivity index (χ3v) is 4.74. The van der Waals surface area contributed by atoms with Crippen molar-refractivity contribution in [3.63, 3.8) is 0 Å². The first-order valence-electron chi connectivity index (χ1n) is 7.95. The summed E-state index contributed by atoms with van der Waals surface area (Å²) < 4.78 is 0. The summed E-state index contributed by atoms with van der Waals surface area (Å²) in [4.78, 5) is 5.35. The molecule has 104 valence electrons. The minimum absolute atomic E-state index is 0.793. The van der Waals surface area contributed by atoms with Crippen LogP contribution in [0, 0.1) is 0 Å². The maximum Gasteiger partial charge on any atom is 0.0369 e. The average molecular weight is 258 g/mol. The van der Waals surface area contributed by atoms with Gasteiger partial charge in [0.05, 0.1) is 0 Å². The van der Waals surface area contributed by atoms with Gasteiger partial charge in [-0.15, -0.1) is 0 Å². The van der Waals surface area contributed by atoms with E-state index in [4.69, 9.17) is 0 Å². The number of hydrogen-bond donors (Lipinski definition) is 0. The molecule has 1 unspecified atom stereocenters. The van der Waals surface area contributed by atoms with Crippen LogP contribution < -0.4 is 4.90 Å². The number of piperidine rings is 1. The van der Waals surface area contributed by atoms with Gasteiger partial charge >= 0.3 is 0 Å². The molecule has 0 aliphatic carbocycles. The predicted octanol–water partition coefficient (Wildman–Crippen LogP) is 3.31. The molecule has 1 atom stereocenters. The van der Waals surface area contributed by atoms with Crippen molar-refractivity contribution < 1.29 is 0 Å². The van der Waals surface area contributed by atoms with Crippen molar-refractivity contribution in [3.05, 3.63) is 29.8 Å². The van der Waals surface area contributed by atoms with E-state index < -0.39 is 0 Å². The van der Waals surface area contributed by atoms with Crippen LogP contribution in [0.2, 0.25) is 0 Å². The number of fused-ring (bicyclic) bond motifs is 1. The highest BCUT2D eigenvalue weighted by molar-refractivity contribution is 5.49. The first-order valence-corrected chi connectivity index (χ1v) is 7.95. The van der Waals surface area contributed by atoms with Crippen molar-refractivity contribution in [1.29, 1.82) is 0 Å². The smallest absolute Gasteiger partial charge is 0.0369 e. The second-order valence-corrected chi connectivity index (χ2v) is 6.01. The number of anilines is 1. The second-order valence-electron chi connectivity index (χ2n) is 6.01. The summed E-state index contributed by atoms with van der Waals surface area (Å²) >= 11 is 0. The second kappa shape index (κ2) is 5.96. The van der Waals surface area contributed by atoms with E-state index in [-0.39, 0.29) is 0 Å². The van der Waals surface area contributed by atoms with Gasteiger partial charge in [0, 0.05) is 31.4 Å². The summed E-state index contributed by atoms with van der Waals surface area (Å²) in [7, 11) is 0. The normalized spacial score (nSPS) is 24.9. The van der Waals surface area contributed by atoms with Crippen LogP contribution in [0.5, 0.6) is 0 Å². The van der Waals surface area contributed by atoms with Crippen LogP contribution in [0.3, 0.4) is 0 Å². The Morgan fingerprint density at radius 2 is 2.00 bits per heavy atom. The molecule has 0 amide bonds. The van der Waals surface area contributed by atoms with Gasteiger partial charge in [-0.3, -0.25) is 4.90 Å². The molecule has 2 heterocycles. The Labute approximate surface area is 117 Å². The lowest BCUT2D eigenvalue weighted by Crippen LogP contribution is -2.44. The van der Waals surface area contributed by atoms with E-state index in [9.17, 15) is 0 Å². The summed E-state index contributed by atoms with van der Waals surface area (Å²) in [6.45, 7) is 7.32. The third-order valence-electron chi connectivity index (χ3n) is 4.74. The van der Waals surface area contributed by atoms with Crippen LogP contribution in [-0.2, 0) is 6.42 Å². The van der Waals surface area contributed by atoms with Gasteiger partial charge in [0.1, 0.15) is 0 Å². The molecule has 2 nitrogen and oxygen atoms in total. The van der Waals surface area contributed by atoms with Crippen LogP contribution in [-0.4, -0.2) is 37.1 Å². The third kappa shape index (κ3) is 2.94. The fraction of sp³-hybridized carbons (Fsp3) is 0.647. The molecule has 0 N–H and O–H groups in total. The van der Waals surface area contributed by atoms with E-state index in [1.807, 2.05) is 0 Å². The molecule has 1 aromatic rings. The summed E-state index contributed by atoms with van der Waals surface area (Å²) in [5.41, 5.74) is 2.90. The molecule has 0 radical (unpaired) electrons. The minimum Gasteiger partial charge on any atom is -0.370 e. The molecule has 3 rings (SSSR count). The molecule has 2 aliphatic rings. The van der Waals surface area contributed by atoms with Crippen LogP contribution in [0.15, 0.2) is 24.3 Å². The molecule has 1 aromatic carbocycles. The summed E-state index contributed by atoms with van der Waals surface area (Å²) in [6.07, 6.45) is 6.67. The minimum atomic E-state index is 0.793. The van der Waals surface area contributed by atoms with Crippen LogP contribution >= 0.6 is 0 Å². The number of nitrogens with zero attached hydrogens (tertiary/aromatic N) is 2. The number of benzene rings is 1. The van der Waals surface area contributed by atoms with Crippen LogP contribution in [0.1, 0.15) is 38.2 Å². The van der Waals surface area contributed by atoms with Crippen LogP contribution in [0.25, 0.3) is 0 Å². The van der Waals surface area contributed by atoms with Gasteiger partial charge in [0.25, 0.3) is 0 Å². The predicted molar refractivity (Wildman–Crippen MR) is 81.9 cm³/mol. The van der Waals surface area contributed by atoms with Crippen molar-refractivity contribution in [2.75, 3.05) is 31.1 Å². The fourth-order valence-electron chi connectivity index (χ4n) is 3.58. The van der Waals surface area contributed by atoms with E-state index in [0.717, 1.165) is 12.5 Å². The number of rotatable bonds is 2. The molecule has 2 fully saturated rings. The largest absolute Gasteiger partial charge is 0.370 e. The lowest BCUT2D eigenvalue weighted by molar-refractivity contribution is 0.162. The first-order chi connectivity index (χ1) is 9.36. The van der Waals surface area contributed by atoms with Crippen molar-refractivity contribution in [2.24, 2.45) is 0 Å². The van der Waals surface area contributed by atoms with Gasteiger partial charge in [-0.05, 0) is 49.9 Å². The average Bonchev–Trinajstić information content (AvgIpc) is 2.69. The van der Waals surface area contributed by atoms with Gasteiger partial charge in [-0.25, -0.2) is 0 Å². The lowest BCUT2D eigenvalue weighted by atomic mass is 10.0. The van der Waals surface area contributed by atoms with E-state index in [2.05, 4.69) is 41.0 Å². The molecule has 2 saturated heterocycles. The Bertz CT molecular complexity index is 415. The molecule has 0 spiro atoms. The molecule has 2 heteroatoms. The summed E-state index contributed by atoms with van der Waals surface area (Å²) in [5.74, 6) is 0. The highest BCUT2D eigenvalue weighted by Crippen LogP contribution is 2.25. The molecule has 0 bridgehead atoms. The zero-order valence-electron chi connectivity index (χ0n) is 12.1. The molecule has 19 heavy (non-hydrogen) atoms. The zero-order valence-corrected chi connectivity index (χ0v) is 12.1. The molecular weight excluding hydrogens is 232 g/mol. The zero-order chi connectivity index (χ0) is 13.1. The maximum absolute atomic E-state index is 2.73. The number of hydrogen-bond acceptors (Lipinski definition) is 2. The molecule has 2 aliphatic heterocycles. The Morgan fingerprint density at radius 1 is 1.11 bits per heavy atom. The van der Waals surface area contributed by atoms with Crippen LogP contribution in [0.4, 0.5) is 5.69 Å². The molecule has 0 saturated carbocycles. The van der Waals surface area contributed by atoms with E-state index >= 15 is 0 Å². The van der Waals surface area contributed by atoms with Gasteiger partial charge in [-0.1, -0.05) is 25.5 Å². The Morgan fingerprint density at radius 3 is 2.89 bits per heavy atom. The standard InChI is InChI=1S/C17H26N2/c1-2-15-7-5-9-16(13-15)19-12-6-11-18-10-4-3-8-17(18)14-19/h5,7,9,13,17H,2-4,6,8,10-12,14H2,1H3. The fourth-order valence-corrected chi connectivity index (χ4v) is 3.58. The summed E-state index contributed by atoms with van der Waals surface area (Å²) in [5, 5.41) is 0. The highest BCUT2D eigenvalue weighted by Gasteiger charge is 2.27. The van der Waals surface area contributed by atoms with Crippen molar-refractivity contribution in [3.8, 4) is 0 Å². The van der Waals surface area contributed by atoms with Crippen molar-refractivity contribution in [2.45, 2.75) is 45.1 Å². The van der Waals surface area contributed by atoms with Gasteiger partial charge in [0.15, 0.2) is 0 Å². The van der Waals surface area contributed by atoms with Gasteiger partial charge < -0.3 is 4.90 Å². The van der Waals surface area contributed by atoms with Crippen molar-refractivity contribution >= 4 is 5.69 Å². The highest BCUT2D eigenvalue weighted by atomic mass is 15.2. The summed E-state index contributed by atoms with van der Waals surface area (Å²) in [6, 6.07) is 9.93. The van der Waals surface area contributed by atoms with E-state index in [1.54, 1.807) is 0 Å². The van der Waals surface area contributed by atoms with Gasteiger partial charge in [0.2, 0.25) is 0 Å². The maximum atomic E-state index is 2.73. The quantitative estimate of drug-likeness (QED) is 0.803. The molecule has 0 aromatic heterocycles. The Kier molecular flexibility index (Phi) is 4.07. The monoisotopic (exact) mass is 258 g/mol. The van der Waals surface area contributed by atoms with Crippen molar-refractivity contribution in [1.82, 2.24) is 4.90 Å². The first kappa shape index (κ1) is 13.0. The molecular formula is C17H26N2. The van der Waals surface area contributed by atoms with Gasteiger partial charge in [-0.2, -0.15) is 0 Å². The SMILES string of the molecule is CCc1cccc(N2CCCN3CCCCC3C2)c1.